The summed E-state index contributed by atoms with van der Waals surface area (Å²) < 4.78 is 0. The van der Waals surface area contributed by atoms with Crippen LogP contribution in [0.25, 0.3) is 6.08 Å². The summed E-state index contributed by atoms with van der Waals surface area (Å²) in [6.07, 6.45) is 5.05. The Labute approximate surface area is 160 Å². The molecule has 1 amide bonds. The van der Waals surface area contributed by atoms with Crippen molar-refractivity contribution >= 4 is 45.5 Å². The Morgan fingerprint density at radius 3 is 2.63 bits per heavy atom. The highest BCUT2D eigenvalue weighted by molar-refractivity contribution is 8.27. The van der Waals surface area contributed by atoms with E-state index in [-0.39, 0.29) is 11.4 Å². The Kier molecular flexibility index (Phi) is 4.33. The molecular formula is C19H16N6OS. The number of thioether (sulfide) groups is 1. The average Bonchev–Trinajstić information content (AvgIpc) is 3.10. The Morgan fingerprint density at radius 2 is 1.96 bits per heavy atom. The number of amides is 1. The van der Waals surface area contributed by atoms with Crippen molar-refractivity contribution in [3.05, 3.63) is 65.5 Å². The fraction of sp³-hybridized carbons (Fsp3) is 0.105. The molecule has 8 heteroatoms. The predicted octanol–water partition coefficient (Wildman–Crippen LogP) is 2.82. The summed E-state index contributed by atoms with van der Waals surface area (Å²) in [5.41, 5.74) is 2.93. The number of nitrogens with one attached hydrogen (secondary N) is 1. The first kappa shape index (κ1) is 17.2. The summed E-state index contributed by atoms with van der Waals surface area (Å²) in [6.45, 7) is 0. The number of hydrogen-bond acceptors (Lipinski definition) is 6. The lowest BCUT2D eigenvalue weighted by Crippen LogP contribution is -2.35. The van der Waals surface area contributed by atoms with Gasteiger partial charge in [-0.05, 0) is 47.7 Å². The summed E-state index contributed by atoms with van der Waals surface area (Å²) in [6, 6.07) is 11.4. The van der Waals surface area contributed by atoms with Gasteiger partial charge in [0.25, 0.3) is 5.91 Å². The van der Waals surface area contributed by atoms with Crippen molar-refractivity contribution in [1.82, 2.24) is 9.99 Å². The van der Waals surface area contributed by atoms with Gasteiger partial charge in [-0.1, -0.05) is 12.1 Å². The molecule has 0 saturated carbocycles. The molecule has 0 unspecified atom stereocenters. The van der Waals surface area contributed by atoms with Crippen LogP contribution in [0.5, 0.6) is 0 Å². The van der Waals surface area contributed by atoms with Crippen LogP contribution in [0.2, 0.25) is 0 Å². The highest BCUT2D eigenvalue weighted by Gasteiger charge is 2.36. The monoisotopic (exact) mass is 376 g/mol. The number of aliphatic imine (C=N–C) groups is 1. The van der Waals surface area contributed by atoms with Crippen molar-refractivity contribution in [3.8, 4) is 0 Å². The second-order valence-electron chi connectivity index (χ2n) is 6.15. The van der Waals surface area contributed by atoms with Gasteiger partial charge < -0.3 is 4.90 Å². The van der Waals surface area contributed by atoms with Gasteiger partial charge in [0.2, 0.25) is 5.17 Å². The molecule has 0 bridgehead atoms. The molecule has 134 valence electrons. The van der Waals surface area contributed by atoms with Gasteiger partial charge in [-0.2, -0.15) is 15.1 Å². The third-order valence-corrected chi connectivity index (χ3v) is 5.04. The molecule has 1 aromatic carbocycles. The Morgan fingerprint density at radius 1 is 1.19 bits per heavy atom. The summed E-state index contributed by atoms with van der Waals surface area (Å²) in [4.78, 5) is 22.7. The van der Waals surface area contributed by atoms with Crippen LogP contribution in [0, 0.1) is 5.41 Å². The quantitative estimate of drug-likeness (QED) is 0.833. The zero-order valence-corrected chi connectivity index (χ0v) is 15.6. The van der Waals surface area contributed by atoms with Crippen molar-refractivity contribution in [3.63, 3.8) is 0 Å². The van der Waals surface area contributed by atoms with Crippen LogP contribution in [0.1, 0.15) is 11.1 Å². The topological polar surface area (TPSA) is 85.0 Å². The number of rotatable bonds is 3. The fourth-order valence-corrected chi connectivity index (χ4v) is 3.51. The summed E-state index contributed by atoms with van der Waals surface area (Å²) >= 11 is 1.26. The van der Waals surface area contributed by atoms with E-state index in [9.17, 15) is 4.79 Å². The number of carbonyl (C=O) groups excluding carboxylic acids is 1. The Hall–Kier alpha value is -3.26. The molecule has 0 spiro atoms. The third kappa shape index (κ3) is 3.26. The van der Waals surface area contributed by atoms with Crippen LogP contribution in [0.4, 0.5) is 5.69 Å². The molecule has 7 nitrogen and oxygen atoms in total. The second kappa shape index (κ2) is 6.81. The van der Waals surface area contributed by atoms with Crippen molar-refractivity contribution in [2.24, 2.45) is 10.1 Å². The SMILES string of the molecule is CN(C)c1ccc(/C=C2\C(=N)N3N=C(c4cccnc4)SC3=NC2=O)cc1. The van der Waals surface area contributed by atoms with E-state index in [1.165, 1.54) is 16.8 Å². The molecule has 2 aliphatic heterocycles. The lowest BCUT2D eigenvalue weighted by molar-refractivity contribution is -0.114. The number of amidine groups is 2. The number of nitrogens with zero attached hydrogens (tertiary/aromatic N) is 5. The van der Waals surface area contributed by atoms with Gasteiger partial charge in [0.05, 0.1) is 5.57 Å². The van der Waals surface area contributed by atoms with Crippen molar-refractivity contribution in [2.45, 2.75) is 0 Å². The first-order valence-corrected chi connectivity index (χ1v) is 9.02. The maximum absolute atomic E-state index is 12.5. The normalized spacial score (nSPS) is 17.7. The molecule has 1 aromatic heterocycles. The molecule has 0 aliphatic carbocycles. The van der Waals surface area contributed by atoms with E-state index >= 15 is 0 Å². The second-order valence-corrected chi connectivity index (χ2v) is 7.11. The summed E-state index contributed by atoms with van der Waals surface area (Å²) in [7, 11) is 3.93. The van der Waals surface area contributed by atoms with Crippen LogP contribution < -0.4 is 4.90 Å². The van der Waals surface area contributed by atoms with E-state index in [0.717, 1.165) is 16.8 Å². The van der Waals surface area contributed by atoms with Crippen LogP contribution in [-0.2, 0) is 4.79 Å². The van der Waals surface area contributed by atoms with Gasteiger partial charge >= 0.3 is 0 Å². The van der Waals surface area contributed by atoms with Gasteiger partial charge in [0.15, 0.2) is 5.84 Å². The predicted molar refractivity (Wildman–Crippen MR) is 109 cm³/mol. The number of carbonyl (C=O) groups is 1. The molecule has 1 N–H and O–H groups in total. The minimum atomic E-state index is -0.432. The highest BCUT2D eigenvalue weighted by Crippen LogP contribution is 2.30. The zero-order valence-electron chi connectivity index (χ0n) is 14.7. The minimum absolute atomic E-state index is 0.0214. The molecule has 0 saturated heterocycles. The largest absolute Gasteiger partial charge is 0.378 e. The molecule has 2 aromatic rings. The number of anilines is 1. The number of benzene rings is 1. The van der Waals surface area contributed by atoms with Gasteiger partial charge in [-0.3, -0.25) is 15.2 Å². The van der Waals surface area contributed by atoms with Crippen LogP contribution in [0.3, 0.4) is 0 Å². The first-order valence-electron chi connectivity index (χ1n) is 8.21. The molecule has 0 fully saturated rings. The van der Waals surface area contributed by atoms with E-state index in [4.69, 9.17) is 5.41 Å². The summed E-state index contributed by atoms with van der Waals surface area (Å²) in [5, 5.41) is 15.3. The van der Waals surface area contributed by atoms with E-state index in [1.807, 2.05) is 55.4 Å². The molecule has 27 heavy (non-hydrogen) atoms. The number of hydrazone groups is 1. The lowest BCUT2D eigenvalue weighted by atomic mass is 10.1. The third-order valence-electron chi connectivity index (χ3n) is 4.08. The standard InChI is InChI=1S/C19H16N6OS/c1-24(2)14-7-5-12(6-8-14)10-15-16(20)25-19(22-17(15)26)27-18(23-25)13-4-3-9-21-11-13/h3-11,20H,1-2H3/b15-10+,20-16?. The average molecular weight is 376 g/mol. The minimum Gasteiger partial charge on any atom is -0.378 e. The molecule has 0 atom stereocenters. The van der Waals surface area contributed by atoms with Crippen LogP contribution in [-0.4, -0.2) is 46.0 Å². The van der Waals surface area contributed by atoms with E-state index in [0.29, 0.717) is 10.2 Å². The van der Waals surface area contributed by atoms with Gasteiger partial charge in [0, 0.05) is 37.7 Å². The smallest absolute Gasteiger partial charge is 0.283 e. The molecule has 0 radical (unpaired) electrons. The van der Waals surface area contributed by atoms with Crippen molar-refractivity contribution in [1.29, 1.82) is 5.41 Å². The van der Waals surface area contributed by atoms with Gasteiger partial charge in [-0.25, -0.2) is 0 Å². The molecular weight excluding hydrogens is 360 g/mol. The highest BCUT2D eigenvalue weighted by atomic mass is 32.2. The van der Waals surface area contributed by atoms with E-state index < -0.39 is 5.91 Å². The Balaban J connectivity index is 1.65. The van der Waals surface area contributed by atoms with Gasteiger partial charge in [-0.15, -0.1) is 0 Å². The fourth-order valence-electron chi connectivity index (χ4n) is 2.63. The number of aromatic nitrogens is 1. The molecule has 3 heterocycles. The van der Waals surface area contributed by atoms with E-state index in [1.54, 1.807) is 18.5 Å². The Bertz CT molecular complexity index is 1010. The first-order chi connectivity index (χ1) is 13.0. The zero-order chi connectivity index (χ0) is 19.0. The lowest BCUT2D eigenvalue weighted by Gasteiger charge is -2.20. The maximum atomic E-state index is 12.5. The summed E-state index contributed by atoms with van der Waals surface area (Å²) in [5.74, 6) is -0.411. The number of pyridine rings is 1. The number of fused-ring (bicyclic) bond motifs is 1. The maximum Gasteiger partial charge on any atom is 0.283 e. The number of hydrogen-bond donors (Lipinski definition) is 1. The van der Waals surface area contributed by atoms with E-state index in [2.05, 4.69) is 15.1 Å². The molecule has 2 aliphatic rings. The van der Waals surface area contributed by atoms with Gasteiger partial charge in [0.1, 0.15) is 5.04 Å². The van der Waals surface area contributed by atoms with Crippen molar-refractivity contribution in [2.75, 3.05) is 19.0 Å². The van der Waals surface area contributed by atoms with Crippen LogP contribution in [0.15, 0.2) is 64.5 Å². The van der Waals surface area contributed by atoms with Crippen LogP contribution >= 0.6 is 11.8 Å². The molecule has 4 rings (SSSR count). The van der Waals surface area contributed by atoms with Crippen molar-refractivity contribution < 1.29 is 4.79 Å².